The van der Waals surface area contributed by atoms with Gasteiger partial charge >= 0.3 is 0 Å². The van der Waals surface area contributed by atoms with Crippen LogP contribution in [-0.4, -0.2) is 11.6 Å². The predicted molar refractivity (Wildman–Crippen MR) is 84.6 cm³/mol. The van der Waals surface area contributed by atoms with Crippen LogP contribution >= 0.6 is 0 Å². The molecule has 1 fully saturated rings. The monoisotopic (exact) mass is 295 g/mol. The molecule has 3 rings (SSSR count). The van der Waals surface area contributed by atoms with E-state index in [9.17, 15) is 9.59 Å². The summed E-state index contributed by atoms with van der Waals surface area (Å²) in [4.78, 5) is 28.0. The van der Waals surface area contributed by atoms with E-state index in [0.717, 1.165) is 18.4 Å². The number of ketones is 2. The standard InChI is InChI=1S/C19H21NO2/c1-17(2)14-7-9-18(3)8-6-12(21)10-15(18)19(14,4)11-13(20-5)16(17)22/h6,8,10-11,14H,7,9H2,1-4H3/t14-,18+,19-/m0/s1. The van der Waals surface area contributed by atoms with E-state index < -0.39 is 10.8 Å². The molecule has 0 unspecified atom stereocenters. The van der Waals surface area contributed by atoms with E-state index >= 15 is 0 Å². The average Bonchev–Trinajstić information content (AvgIpc) is 2.45. The van der Waals surface area contributed by atoms with Crippen molar-refractivity contribution in [1.29, 1.82) is 0 Å². The van der Waals surface area contributed by atoms with Gasteiger partial charge in [-0.15, -0.1) is 0 Å². The van der Waals surface area contributed by atoms with Crippen LogP contribution < -0.4 is 0 Å². The lowest BCUT2D eigenvalue weighted by Crippen LogP contribution is -2.52. The summed E-state index contributed by atoms with van der Waals surface area (Å²) in [6.07, 6.45) is 9.06. The maximum absolute atomic E-state index is 12.6. The summed E-state index contributed by atoms with van der Waals surface area (Å²) < 4.78 is 0. The van der Waals surface area contributed by atoms with E-state index in [1.165, 1.54) is 0 Å². The summed E-state index contributed by atoms with van der Waals surface area (Å²) in [6, 6.07) is 0. The van der Waals surface area contributed by atoms with Crippen LogP contribution in [0.4, 0.5) is 0 Å². The zero-order valence-corrected chi connectivity index (χ0v) is 13.6. The summed E-state index contributed by atoms with van der Waals surface area (Å²) in [7, 11) is 0. The molecule has 1 saturated carbocycles. The van der Waals surface area contributed by atoms with Gasteiger partial charge in [-0.2, -0.15) is 0 Å². The Morgan fingerprint density at radius 3 is 2.55 bits per heavy atom. The molecule has 0 aliphatic heterocycles. The number of hydrogen-bond donors (Lipinski definition) is 0. The van der Waals surface area contributed by atoms with Crippen LogP contribution in [-0.2, 0) is 9.59 Å². The molecule has 0 spiro atoms. The minimum absolute atomic E-state index is 0.00168. The van der Waals surface area contributed by atoms with Gasteiger partial charge in [-0.3, -0.25) is 4.79 Å². The van der Waals surface area contributed by atoms with Gasteiger partial charge in [0, 0.05) is 16.2 Å². The van der Waals surface area contributed by atoms with E-state index in [-0.39, 0.29) is 28.6 Å². The van der Waals surface area contributed by atoms with Crippen molar-refractivity contribution in [3.8, 4) is 0 Å². The zero-order valence-electron chi connectivity index (χ0n) is 13.6. The Bertz CT molecular complexity index is 716. The molecule has 3 aliphatic rings. The molecular formula is C19H21NO2. The molecule has 114 valence electrons. The summed E-state index contributed by atoms with van der Waals surface area (Å²) in [5, 5.41) is 0. The van der Waals surface area contributed by atoms with Crippen LogP contribution in [0.2, 0.25) is 0 Å². The second-order valence-electron chi connectivity index (χ2n) is 7.78. The van der Waals surface area contributed by atoms with Gasteiger partial charge in [-0.1, -0.05) is 39.8 Å². The van der Waals surface area contributed by atoms with E-state index in [4.69, 9.17) is 6.57 Å². The predicted octanol–water partition coefficient (Wildman–Crippen LogP) is 3.89. The lowest BCUT2D eigenvalue weighted by Gasteiger charge is -2.57. The first-order chi connectivity index (χ1) is 10.1. The molecule has 3 atom stereocenters. The second kappa shape index (κ2) is 4.29. The number of hydrogen-bond acceptors (Lipinski definition) is 2. The summed E-state index contributed by atoms with van der Waals surface area (Å²) in [5.41, 5.74) is 0.140. The fraction of sp³-hybridized carbons (Fsp3) is 0.526. The summed E-state index contributed by atoms with van der Waals surface area (Å²) >= 11 is 0. The van der Waals surface area contributed by atoms with Crippen molar-refractivity contribution < 1.29 is 9.59 Å². The summed E-state index contributed by atoms with van der Waals surface area (Å²) in [6.45, 7) is 15.5. The van der Waals surface area contributed by atoms with Gasteiger partial charge in [-0.25, -0.2) is 4.85 Å². The topological polar surface area (TPSA) is 38.5 Å². The van der Waals surface area contributed by atoms with E-state index in [1.54, 1.807) is 12.2 Å². The van der Waals surface area contributed by atoms with Crippen LogP contribution in [0.5, 0.6) is 0 Å². The maximum atomic E-state index is 12.6. The Hall–Kier alpha value is -1.95. The van der Waals surface area contributed by atoms with Crippen molar-refractivity contribution in [2.75, 3.05) is 0 Å². The number of carbonyl (C=O) groups is 2. The first-order valence-corrected chi connectivity index (χ1v) is 7.76. The van der Waals surface area contributed by atoms with Crippen LogP contribution in [0, 0.1) is 28.7 Å². The number of allylic oxidation sites excluding steroid dienone is 6. The quantitative estimate of drug-likeness (QED) is 0.636. The van der Waals surface area contributed by atoms with E-state index in [0.29, 0.717) is 0 Å². The minimum atomic E-state index is -0.574. The normalized spacial score (nSPS) is 39.3. The number of nitrogens with zero attached hydrogens (tertiary/aromatic N) is 1. The van der Waals surface area contributed by atoms with Gasteiger partial charge in [0.15, 0.2) is 11.6 Å². The van der Waals surface area contributed by atoms with Gasteiger partial charge in [0.2, 0.25) is 5.70 Å². The Morgan fingerprint density at radius 1 is 1.23 bits per heavy atom. The average molecular weight is 295 g/mol. The highest BCUT2D eigenvalue weighted by molar-refractivity contribution is 6.04. The van der Waals surface area contributed by atoms with Crippen molar-refractivity contribution >= 4 is 11.6 Å². The van der Waals surface area contributed by atoms with Crippen molar-refractivity contribution in [2.24, 2.45) is 22.2 Å². The lowest BCUT2D eigenvalue weighted by molar-refractivity contribution is -0.130. The number of carbonyl (C=O) groups excluding carboxylic acids is 2. The molecule has 22 heavy (non-hydrogen) atoms. The Morgan fingerprint density at radius 2 is 1.91 bits per heavy atom. The van der Waals surface area contributed by atoms with Crippen molar-refractivity contribution in [1.82, 2.24) is 0 Å². The molecule has 0 N–H and O–H groups in total. The highest BCUT2D eigenvalue weighted by atomic mass is 16.1. The molecule has 0 aromatic heterocycles. The first kappa shape index (κ1) is 15.0. The molecular weight excluding hydrogens is 274 g/mol. The number of Topliss-reactive ketones (excluding diaryl/α,β-unsaturated/α-hetero) is 1. The summed E-state index contributed by atoms with van der Waals surface area (Å²) in [5.74, 6) is 0.0605. The molecule has 0 bridgehead atoms. The van der Waals surface area contributed by atoms with E-state index in [1.807, 2.05) is 26.0 Å². The van der Waals surface area contributed by atoms with E-state index in [2.05, 4.69) is 18.7 Å². The molecule has 0 aromatic rings. The smallest absolute Gasteiger partial charge is 0.226 e. The lowest BCUT2D eigenvalue weighted by atomic mass is 9.46. The van der Waals surface area contributed by atoms with Gasteiger partial charge in [0.05, 0.1) is 6.57 Å². The van der Waals surface area contributed by atoms with Gasteiger partial charge in [0.25, 0.3) is 0 Å². The van der Waals surface area contributed by atoms with Crippen molar-refractivity contribution in [2.45, 2.75) is 40.5 Å². The SMILES string of the molecule is [C-]#[N+]C1=C[C@]2(C)C3=CC(=O)C=C[C@]3(C)CC[C@H]2C(C)(C)C1=O. The molecule has 3 aliphatic carbocycles. The molecule has 3 heteroatoms. The molecule has 0 saturated heterocycles. The molecule has 3 nitrogen and oxygen atoms in total. The van der Waals surface area contributed by atoms with Crippen LogP contribution in [0.1, 0.15) is 40.5 Å². The van der Waals surface area contributed by atoms with Crippen LogP contribution in [0.25, 0.3) is 4.85 Å². The Kier molecular flexibility index (Phi) is 2.92. The van der Waals surface area contributed by atoms with Gasteiger partial charge in [0.1, 0.15) is 0 Å². The fourth-order valence-corrected chi connectivity index (χ4v) is 4.84. The van der Waals surface area contributed by atoms with Crippen molar-refractivity contribution in [3.63, 3.8) is 0 Å². The third kappa shape index (κ3) is 1.73. The third-order valence-electron chi connectivity index (χ3n) is 6.02. The Balaban J connectivity index is 2.26. The number of rotatable bonds is 0. The van der Waals surface area contributed by atoms with Crippen molar-refractivity contribution in [3.05, 3.63) is 47.0 Å². The highest BCUT2D eigenvalue weighted by Gasteiger charge is 2.57. The number of fused-ring (bicyclic) bond motifs is 3. The first-order valence-electron chi connectivity index (χ1n) is 7.76. The molecule has 0 aromatic carbocycles. The fourth-order valence-electron chi connectivity index (χ4n) is 4.84. The third-order valence-corrected chi connectivity index (χ3v) is 6.02. The highest BCUT2D eigenvalue weighted by Crippen LogP contribution is 2.63. The maximum Gasteiger partial charge on any atom is 0.226 e. The largest absolute Gasteiger partial charge is 0.307 e. The van der Waals surface area contributed by atoms with Gasteiger partial charge in [-0.05, 0) is 36.5 Å². The zero-order chi connectivity index (χ0) is 16.3. The molecule has 0 amide bonds. The van der Waals surface area contributed by atoms with Gasteiger partial charge < -0.3 is 4.79 Å². The van der Waals surface area contributed by atoms with Crippen LogP contribution in [0.3, 0.4) is 0 Å². The molecule has 0 heterocycles. The Labute approximate surface area is 131 Å². The van der Waals surface area contributed by atoms with Crippen LogP contribution in [0.15, 0.2) is 35.6 Å². The molecule has 0 radical (unpaired) electrons. The second-order valence-corrected chi connectivity index (χ2v) is 7.78. The minimum Gasteiger partial charge on any atom is -0.307 e.